The topological polar surface area (TPSA) is 0 Å². The molecule has 1 aromatic rings. The van der Waals surface area contributed by atoms with Crippen molar-refractivity contribution in [3.8, 4) is 0 Å². The van der Waals surface area contributed by atoms with Crippen LogP contribution in [-0.2, 0) is 24.5 Å². The van der Waals surface area contributed by atoms with E-state index in [1.54, 1.807) is 0 Å². The number of benzene rings is 1. The molecular formula is C10H9F2Zr. The summed E-state index contributed by atoms with van der Waals surface area (Å²) in [5.74, 6) is 1.37. The number of allylic oxidation sites excluding steroid dienone is 1. The third-order valence-electron chi connectivity index (χ3n) is 1.90. The predicted molar refractivity (Wildman–Crippen MR) is 45.7 cm³/mol. The molecule has 0 N–H and O–H groups in total. The zero-order chi connectivity index (χ0) is 9.68. The Bertz CT molecular complexity index is 297. The van der Waals surface area contributed by atoms with Gasteiger partial charge in [0.05, 0.1) is 0 Å². The average Bonchev–Trinajstić information content (AvgIpc) is 2.50. The first kappa shape index (κ1) is 10.8. The summed E-state index contributed by atoms with van der Waals surface area (Å²) >= 11 is -2.77. The van der Waals surface area contributed by atoms with Crippen LogP contribution in [0.15, 0.2) is 30.3 Å². The van der Waals surface area contributed by atoms with Crippen LogP contribution in [0, 0.1) is 5.92 Å². The van der Waals surface area contributed by atoms with E-state index in [0.29, 0.717) is 0 Å². The normalized spacial score (nSPS) is 13.2. The van der Waals surface area contributed by atoms with Crippen molar-refractivity contribution in [3.63, 3.8) is 0 Å². The van der Waals surface area contributed by atoms with E-state index in [1.165, 1.54) is 17.0 Å². The molecule has 0 saturated heterocycles. The van der Waals surface area contributed by atoms with Crippen LogP contribution in [-0.4, -0.2) is 0 Å². The van der Waals surface area contributed by atoms with Gasteiger partial charge in [-0.25, -0.2) is 0 Å². The molecule has 0 saturated carbocycles. The Balaban J connectivity index is 0.000000251. The first-order valence-corrected chi connectivity index (χ1v) is 5.72. The summed E-state index contributed by atoms with van der Waals surface area (Å²) in [4.78, 5) is 0. The van der Waals surface area contributed by atoms with Gasteiger partial charge in [-0.15, -0.1) is 0 Å². The molecular weight excluding hydrogens is 249 g/mol. The molecule has 0 unspecified atom stereocenters. The first-order chi connectivity index (χ1) is 6.29. The van der Waals surface area contributed by atoms with Gasteiger partial charge in [0.15, 0.2) is 0 Å². The maximum atomic E-state index is 9.80. The SMILES string of the molecule is C[C]1C=Cc2ccccc21.[F][Zr][F]. The molecule has 0 atom stereocenters. The van der Waals surface area contributed by atoms with Crippen molar-refractivity contribution >= 4 is 6.08 Å². The number of halogens is 2. The van der Waals surface area contributed by atoms with Gasteiger partial charge in [0.1, 0.15) is 0 Å². The van der Waals surface area contributed by atoms with Crippen molar-refractivity contribution in [1.29, 1.82) is 0 Å². The van der Waals surface area contributed by atoms with Crippen LogP contribution in [0.1, 0.15) is 18.1 Å². The summed E-state index contributed by atoms with van der Waals surface area (Å²) in [6.45, 7) is 2.14. The predicted octanol–water partition coefficient (Wildman–Crippen LogP) is 3.49. The van der Waals surface area contributed by atoms with E-state index in [9.17, 15) is 5.25 Å². The fraction of sp³-hybridized carbons (Fsp3) is 0.100. The van der Waals surface area contributed by atoms with E-state index < -0.39 is 24.5 Å². The Kier molecular flexibility index (Phi) is 4.51. The second kappa shape index (κ2) is 5.44. The van der Waals surface area contributed by atoms with Gasteiger partial charge in [0.2, 0.25) is 0 Å². The van der Waals surface area contributed by atoms with E-state index >= 15 is 0 Å². The monoisotopic (exact) mass is 257 g/mol. The molecule has 0 aliphatic heterocycles. The van der Waals surface area contributed by atoms with Gasteiger partial charge in [-0.2, -0.15) is 0 Å². The Morgan fingerprint density at radius 2 is 1.69 bits per heavy atom. The first-order valence-electron chi connectivity index (χ1n) is 3.87. The number of hydrogen-bond acceptors (Lipinski definition) is 0. The summed E-state index contributed by atoms with van der Waals surface area (Å²) in [7, 11) is 0. The van der Waals surface area contributed by atoms with Crippen LogP contribution in [0.5, 0.6) is 0 Å². The van der Waals surface area contributed by atoms with Gasteiger partial charge in [0.25, 0.3) is 0 Å². The summed E-state index contributed by atoms with van der Waals surface area (Å²) in [5.41, 5.74) is 2.72. The van der Waals surface area contributed by atoms with Gasteiger partial charge in [0, 0.05) is 5.92 Å². The van der Waals surface area contributed by atoms with E-state index in [4.69, 9.17) is 0 Å². The molecule has 0 aromatic heterocycles. The maximum absolute atomic E-state index is 9.80. The third kappa shape index (κ3) is 2.84. The fourth-order valence-corrected chi connectivity index (χ4v) is 1.31. The molecule has 67 valence electrons. The van der Waals surface area contributed by atoms with Crippen molar-refractivity contribution in [2.24, 2.45) is 0 Å². The Hall–Kier alpha value is -0.297. The molecule has 0 bridgehead atoms. The number of hydrogen-bond donors (Lipinski definition) is 0. The molecule has 1 aromatic carbocycles. The molecule has 1 aliphatic rings. The van der Waals surface area contributed by atoms with E-state index in [2.05, 4.69) is 43.3 Å². The van der Waals surface area contributed by atoms with Crippen molar-refractivity contribution in [1.82, 2.24) is 0 Å². The average molecular weight is 258 g/mol. The second-order valence-electron chi connectivity index (χ2n) is 2.68. The summed E-state index contributed by atoms with van der Waals surface area (Å²) < 4.78 is 19.6. The van der Waals surface area contributed by atoms with Crippen molar-refractivity contribution in [2.75, 3.05) is 0 Å². The summed E-state index contributed by atoms with van der Waals surface area (Å²) in [5, 5.41) is 0. The molecule has 0 heterocycles. The zero-order valence-corrected chi connectivity index (χ0v) is 9.68. The van der Waals surface area contributed by atoms with E-state index in [0.717, 1.165) is 0 Å². The van der Waals surface area contributed by atoms with Gasteiger partial charge in [-0.3, -0.25) is 0 Å². The van der Waals surface area contributed by atoms with Crippen molar-refractivity contribution in [2.45, 2.75) is 6.92 Å². The van der Waals surface area contributed by atoms with Gasteiger partial charge in [-0.1, -0.05) is 43.3 Å². The van der Waals surface area contributed by atoms with Gasteiger partial charge >= 0.3 is 29.7 Å². The third-order valence-corrected chi connectivity index (χ3v) is 1.90. The van der Waals surface area contributed by atoms with Crippen LogP contribution in [0.3, 0.4) is 0 Å². The molecule has 0 nitrogen and oxygen atoms in total. The molecule has 1 radical (unpaired) electrons. The van der Waals surface area contributed by atoms with Crippen LogP contribution in [0.4, 0.5) is 5.25 Å². The molecule has 1 aliphatic carbocycles. The minimum absolute atomic E-state index is 1.35. The molecule has 0 fully saturated rings. The second-order valence-corrected chi connectivity index (χ2v) is 3.03. The van der Waals surface area contributed by atoms with Gasteiger partial charge < -0.3 is 0 Å². The van der Waals surface area contributed by atoms with Crippen LogP contribution >= 0.6 is 0 Å². The summed E-state index contributed by atoms with van der Waals surface area (Å²) in [6, 6.07) is 8.45. The molecule has 0 spiro atoms. The Morgan fingerprint density at radius 3 is 2.31 bits per heavy atom. The number of fused-ring (bicyclic) bond motifs is 1. The van der Waals surface area contributed by atoms with E-state index in [1.807, 2.05) is 0 Å². The zero-order valence-electron chi connectivity index (χ0n) is 7.22. The standard InChI is InChI=1S/C10H9.2FH.Zr/c1-8-6-7-9-4-2-3-5-10(8)9;;;/h2-7H,1H3;2*1H;/q;;;+2/p-2. The Morgan fingerprint density at radius 1 is 1.08 bits per heavy atom. The van der Waals surface area contributed by atoms with Crippen LogP contribution < -0.4 is 0 Å². The minimum atomic E-state index is -2.77. The van der Waals surface area contributed by atoms with Crippen molar-refractivity contribution in [3.05, 3.63) is 47.4 Å². The molecule has 2 rings (SSSR count). The van der Waals surface area contributed by atoms with Crippen LogP contribution in [0.25, 0.3) is 6.08 Å². The summed E-state index contributed by atoms with van der Waals surface area (Å²) in [6.07, 6.45) is 4.31. The molecule has 13 heavy (non-hydrogen) atoms. The molecule has 3 heteroatoms. The van der Waals surface area contributed by atoms with Crippen LogP contribution in [0.2, 0.25) is 0 Å². The number of rotatable bonds is 0. The fourth-order valence-electron chi connectivity index (χ4n) is 1.31. The molecule has 0 amide bonds. The quantitative estimate of drug-likeness (QED) is 0.668. The van der Waals surface area contributed by atoms with Crippen molar-refractivity contribution < 1.29 is 29.7 Å². The Labute approximate surface area is 90.0 Å². The van der Waals surface area contributed by atoms with Gasteiger partial charge in [-0.05, 0) is 11.1 Å². The van der Waals surface area contributed by atoms with E-state index in [-0.39, 0.29) is 0 Å².